The van der Waals surface area contributed by atoms with Crippen LogP contribution >= 0.6 is 31.9 Å². The van der Waals surface area contributed by atoms with Gasteiger partial charge in [0.2, 0.25) is 0 Å². The van der Waals surface area contributed by atoms with Gasteiger partial charge in [0.15, 0.2) is 0 Å². The molecule has 1 heterocycles. The van der Waals surface area contributed by atoms with Gasteiger partial charge in [-0.05, 0) is 36.8 Å². The van der Waals surface area contributed by atoms with E-state index in [0.717, 1.165) is 20.1 Å². The lowest BCUT2D eigenvalue weighted by molar-refractivity contribution is 0.102. The lowest BCUT2D eigenvalue weighted by Crippen LogP contribution is -2.22. The standard InChI is InChI=1S/C13H11Br2NO/c1-13(17,9-3-2-4-16-8-9)10-5-11(14)7-12(15)6-10/h2-8,17H,1H3/t13-/m1/s1. The lowest BCUT2D eigenvalue weighted by atomic mass is 9.89. The molecular weight excluding hydrogens is 346 g/mol. The molecule has 1 aromatic carbocycles. The molecule has 0 aliphatic rings. The summed E-state index contributed by atoms with van der Waals surface area (Å²) in [5.74, 6) is 0. The van der Waals surface area contributed by atoms with E-state index in [0.29, 0.717) is 0 Å². The summed E-state index contributed by atoms with van der Waals surface area (Å²) in [6.45, 7) is 1.76. The summed E-state index contributed by atoms with van der Waals surface area (Å²) < 4.78 is 1.84. The van der Waals surface area contributed by atoms with Crippen molar-refractivity contribution in [3.63, 3.8) is 0 Å². The fourth-order valence-corrected chi connectivity index (χ4v) is 2.95. The van der Waals surface area contributed by atoms with Crippen LogP contribution in [0.15, 0.2) is 51.7 Å². The Morgan fingerprint density at radius 3 is 2.29 bits per heavy atom. The maximum Gasteiger partial charge on any atom is 0.113 e. The molecular formula is C13H11Br2NO. The Labute approximate surface area is 117 Å². The van der Waals surface area contributed by atoms with E-state index >= 15 is 0 Å². The minimum absolute atomic E-state index is 0.769. The van der Waals surface area contributed by atoms with E-state index in [1.165, 1.54) is 0 Å². The molecule has 2 nitrogen and oxygen atoms in total. The number of hydrogen-bond acceptors (Lipinski definition) is 2. The van der Waals surface area contributed by atoms with E-state index in [1.54, 1.807) is 19.3 Å². The summed E-state index contributed by atoms with van der Waals surface area (Å²) in [6.07, 6.45) is 3.37. The van der Waals surface area contributed by atoms with Crippen molar-refractivity contribution in [3.05, 3.63) is 62.8 Å². The van der Waals surface area contributed by atoms with E-state index in [1.807, 2.05) is 30.3 Å². The smallest absolute Gasteiger partial charge is 0.113 e. The molecule has 0 amide bonds. The van der Waals surface area contributed by atoms with Crippen LogP contribution in [0.2, 0.25) is 0 Å². The van der Waals surface area contributed by atoms with Gasteiger partial charge < -0.3 is 5.11 Å². The molecule has 1 N–H and O–H groups in total. The zero-order chi connectivity index (χ0) is 12.5. The van der Waals surface area contributed by atoms with Gasteiger partial charge >= 0.3 is 0 Å². The zero-order valence-corrected chi connectivity index (χ0v) is 12.4. The third-order valence-corrected chi connectivity index (χ3v) is 3.56. The summed E-state index contributed by atoms with van der Waals surface area (Å²) in [5.41, 5.74) is 0.525. The second-order valence-electron chi connectivity index (χ2n) is 3.97. The largest absolute Gasteiger partial charge is 0.381 e. The maximum atomic E-state index is 10.6. The van der Waals surface area contributed by atoms with Crippen molar-refractivity contribution in [2.24, 2.45) is 0 Å². The molecule has 0 aliphatic carbocycles. The van der Waals surface area contributed by atoms with Crippen molar-refractivity contribution in [1.82, 2.24) is 4.98 Å². The molecule has 88 valence electrons. The van der Waals surface area contributed by atoms with Crippen molar-refractivity contribution >= 4 is 31.9 Å². The molecule has 0 saturated heterocycles. The van der Waals surface area contributed by atoms with Crippen LogP contribution in [0, 0.1) is 0 Å². The highest BCUT2D eigenvalue weighted by Gasteiger charge is 2.26. The van der Waals surface area contributed by atoms with Crippen molar-refractivity contribution in [2.75, 3.05) is 0 Å². The second kappa shape index (κ2) is 4.88. The van der Waals surface area contributed by atoms with Crippen LogP contribution in [0.1, 0.15) is 18.1 Å². The Hall–Kier alpha value is -0.710. The number of halogens is 2. The van der Waals surface area contributed by atoms with E-state index in [4.69, 9.17) is 0 Å². The minimum atomic E-state index is -1.05. The first-order valence-corrected chi connectivity index (χ1v) is 6.68. The topological polar surface area (TPSA) is 33.1 Å². The SMILES string of the molecule is C[C@@](O)(c1cccnc1)c1cc(Br)cc(Br)c1. The predicted molar refractivity (Wildman–Crippen MR) is 74.8 cm³/mol. The monoisotopic (exact) mass is 355 g/mol. The van der Waals surface area contributed by atoms with Gasteiger partial charge in [-0.1, -0.05) is 37.9 Å². The maximum absolute atomic E-state index is 10.6. The highest BCUT2D eigenvalue weighted by Crippen LogP contribution is 2.32. The van der Waals surface area contributed by atoms with Crippen LogP contribution in [0.5, 0.6) is 0 Å². The fraction of sp³-hybridized carbons (Fsp3) is 0.154. The summed E-state index contributed by atoms with van der Waals surface area (Å²) in [7, 11) is 0. The molecule has 17 heavy (non-hydrogen) atoms. The number of aliphatic hydroxyl groups is 1. The van der Waals surface area contributed by atoms with Gasteiger partial charge in [0.05, 0.1) is 0 Å². The van der Waals surface area contributed by atoms with Crippen molar-refractivity contribution in [1.29, 1.82) is 0 Å². The summed E-state index contributed by atoms with van der Waals surface area (Å²) in [4.78, 5) is 4.04. The van der Waals surface area contributed by atoms with Gasteiger partial charge in [0.25, 0.3) is 0 Å². The van der Waals surface area contributed by atoms with Crippen LogP contribution in [0.3, 0.4) is 0 Å². The molecule has 0 spiro atoms. The third kappa shape index (κ3) is 2.76. The first-order chi connectivity index (χ1) is 8.00. The predicted octanol–water partition coefficient (Wildman–Crippen LogP) is 3.86. The Morgan fingerprint density at radius 1 is 1.12 bits per heavy atom. The highest BCUT2D eigenvalue weighted by molar-refractivity contribution is 9.11. The van der Waals surface area contributed by atoms with Gasteiger partial charge in [0.1, 0.15) is 5.60 Å². The van der Waals surface area contributed by atoms with Gasteiger partial charge in [-0.2, -0.15) is 0 Å². The molecule has 0 radical (unpaired) electrons. The summed E-state index contributed by atoms with van der Waals surface area (Å²) in [5, 5.41) is 10.6. The molecule has 0 aliphatic heterocycles. The Kier molecular flexibility index (Phi) is 3.66. The third-order valence-electron chi connectivity index (χ3n) is 2.65. The summed E-state index contributed by atoms with van der Waals surface area (Å²) in [6, 6.07) is 9.41. The van der Waals surface area contributed by atoms with Crippen molar-refractivity contribution < 1.29 is 5.11 Å². The first-order valence-electron chi connectivity index (χ1n) is 5.09. The van der Waals surface area contributed by atoms with E-state index < -0.39 is 5.60 Å². The normalized spacial score (nSPS) is 14.4. The Balaban J connectivity index is 2.51. The quantitative estimate of drug-likeness (QED) is 0.886. The lowest BCUT2D eigenvalue weighted by Gasteiger charge is -2.24. The molecule has 4 heteroatoms. The van der Waals surface area contributed by atoms with Crippen molar-refractivity contribution in [2.45, 2.75) is 12.5 Å². The second-order valence-corrected chi connectivity index (χ2v) is 5.80. The number of pyridine rings is 1. The molecule has 1 atom stereocenters. The number of hydrogen-bond donors (Lipinski definition) is 1. The fourth-order valence-electron chi connectivity index (χ4n) is 1.65. The van der Waals surface area contributed by atoms with Gasteiger partial charge in [-0.3, -0.25) is 4.98 Å². The number of rotatable bonds is 2. The molecule has 0 unspecified atom stereocenters. The molecule has 1 aromatic heterocycles. The summed E-state index contributed by atoms with van der Waals surface area (Å²) >= 11 is 6.84. The minimum Gasteiger partial charge on any atom is -0.381 e. The van der Waals surface area contributed by atoms with Gasteiger partial charge in [0, 0.05) is 26.9 Å². The average Bonchev–Trinajstić information content (AvgIpc) is 2.29. The van der Waals surface area contributed by atoms with Crippen molar-refractivity contribution in [3.8, 4) is 0 Å². The highest BCUT2D eigenvalue weighted by atomic mass is 79.9. The Morgan fingerprint density at radius 2 is 1.76 bits per heavy atom. The molecule has 2 rings (SSSR count). The van der Waals surface area contributed by atoms with Gasteiger partial charge in [-0.25, -0.2) is 0 Å². The van der Waals surface area contributed by atoms with Crippen LogP contribution in [-0.2, 0) is 5.60 Å². The Bertz CT molecular complexity index is 506. The van der Waals surface area contributed by atoms with Gasteiger partial charge in [-0.15, -0.1) is 0 Å². The van der Waals surface area contributed by atoms with Crippen LogP contribution in [0.4, 0.5) is 0 Å². The number of nitrogens with zero attached hydrogens (tertiary/aromatic N) is 1. The number of aromatic nitrogens is 1. The van der Waals surface area contributed by atoms with E-state index in [9.17, 15) is 5.11 Å². The molecule has 0 saturated carbocycles. The van der Waals surface area contributed by atoms with Crippen LogP contribution < -0.4 is 0 Å². The molecule has 0 bridgehead atoms. The zero-order valence-electron chi connectivity index (χ0n) is 9.19. The van der Waals surface area contributed by atoms with E-state index in [2.05, 4.69) is 36.8 Å². The van der Waals surface area contributed by atoms with Crippen LogP contribution in [-0.4, -0.2) is 10.1 Å². The molecule has 2 aromatic rings. The van der Waals surface area contributed by atoms with E-state index in [-0.39, 0.29) is 0 Å². The average molecular weight is 357 g/mol. The van der Waals surface area contributed by atoms with Crippen LogP contribution in [0.25, 0.3) is 0 Å². The molecule has 0 fully saturated rings. The first kappa shape index (κ1) is 12.7. The number of benzene rings is 1.